The summed E-state index contributed by atoms with van der Waals surface area (Å²) in [6.07, 6.45) is 7.18. The molecule has 1 unspecified atom stereocenters. The molecule has 0 aliphatic carbocycles. The average Bonchev–Trinajstić information content (AvgIpc) is 2.06. The van der Waals surface area contributed by atoms with E-state index < -0.39 is 0 Å². The molecule has 2 N–H and O–H groups in total. The lowest BCUT2D eigenvalue weighted by atomic mass is 9.99. The fourth-order valence-electron chi connectivity index (χ4n) is 1.67. The summed E-state index contributed by atoms with van der Waals surface area (Å²) in [6.45, 7) is 3.76. The zero-order chi connectivity index (χ0) is 8.81. The quantitative estimate of drug-likeness (QED) is 0.654. The van der Waals surface area contributed by atoms with E-state index in [1.54, 1.807) is 0 Å². The van der Waals surface area contributed by atoms with Crippen molar-refractivity contribution >= 4 is 0 Å². The number of hydrogen-bond donors (Lipinski definition) is 1. The van der Waals surface area contributed by atoms with Gasteiger partial charge in [0, 0.05) is 6.54 Å². The summed E-state index contributed by atoms with van der Waals surface area (Å²) in [5.74, 6) is 0. The first kappa shape index (κ1) is 9.75. The molecule has 12 heavy (non-hydrogen) atoms. The maximum atomic E-state index is 5.61. The Morgan fingerprint density at radius 2 is 2.50 bits per heavy atom. The Morgan fingerprint density at radius 1 is 1.67 bits per heavy atom. The van der Waals surface area contributed by atoms with Crippen LogP contribution in [0, 0.1) is 0 Å². The van der Waals surface area contributed by atoms with E-state index in [-0.39, 0.29) is 0 Å². The zero-order valence-electron chi connectivity index (χ0n) is 7.88. The Morgan fingerprint density at radius 3 is 3.17 bits per heavy atom. The fourth-order valence-corrected chi connectivity index (χ4v) is 1.67. The molecule has 0 aromatic rings. The summed E-state index contributed by atoms with van der Waals surface area (Å²) in [6, 6.07) is 0. The van der Waals surface area contributed by atoms with E-state index in [1.165, 1.54) is 18.4 Å². The molecule has 1 aliphatic heterocycles. The van der Waals surface area contributed by atoms with Gasteiger partial charge in [-0.15, -0.1) is 0 Å². The molecule has 0 radical (unpaired) electrons. The van der Waals surface area contributed by atoms with Crippen molar-refractivity contribution in [3.05, 3.63) is 11.6 Å². The number of rotatable bonds is 3. The average molecular weight is 169 g/mol. The highest BCUT2D eigenvalue weighted by molar-refractivity contribution is 5.06. The lowest BCUT2D eigenvalue weighted by Crippen LogP contribution is -2.20. The molecule has 1 rings (SSSR count). The van der Waals surface area contributed by atoms with Gasteiger partial charge in [-0.1, -0.05) is 25.0 Å². The lowest BCUT2D eigenvalue weighted by molar-refractivity contribution is 0.0300. The zero-order valence-corrected chi connectivity index (χ0v) is 7.88. The normalized spacial score (nSPS) is 27.8. The second-order valence-corrected chi connectivity index (χ2v) is 3.33. The van der Waals surface area contributed by atoms with E-state index in [0.29, 0.717) is 12.6 Å². The number of ether oxygens (including phenoxy) is 1. The Hall–Kier alpha value is -0.340. The second-order valence-electron chi connectivity index (χ2n) is 3.33. The topological polar surface area (TPSA) is 35.2 Å². The van der Waals surface area contributed by atoms with Crippen LogP contribution < -0.4 is 5.73 Å². The molecule has 2 heteroatoms. The highest BCUT2D eigenvalue weighted by atomic mass is 16.5. The van der Waals surface area contributed by atoms with E-state index >= 15 is 0 Å². The monoisotopic (exact) mass is 169 g/mol. The van der Waals surface area contributed by atoms with Gasteiger partial charge in [-0.2, -0.15) is 0 Å². The minimum Gasteiger partial charge on any atom is -0.378 e. The standard InChI is InChI=1S/C10H19NO/c1-2-3-10-8-9(4-6-11)5-7-12-10/h4,10H,2-3,5-8,11H2,1H3. The van der Waals surface area contributed by atoms with E-state index in [0.717, 1.165) is 19.4 Å². The molecule has 1 heterocycles. The van der Waals surface area contributed by atoms with Gasteiger partial charge in [-0.25, -0.2) is 0 Å². The summed E-state index contributed by atoms with van der Waals surface area (Å²) in [4.78, 5) is 0. The fraction of sp³-hybridized carbons (Fsp3) is 0.800. The Bertz CT molecular complexity index is 152. The van der Waals surface area contributed by atoms with Crippen LogP contribution in [0.1, 0.15) is 32.6 Å². The van der Waals surface area contributed by atoms with Crippen LogP contribution in [-0.4, -0.2) is 19.3 Å². The third-order valence-corrected chi connectivity index (χ3v) is 2.28. The van der Waals surface area contributed by atoms with Gasteiger partial charge in [-0.3, -0.25) is 0 Å². The van der Waals surface area contributed by atoms with Gasteiger partial charge in [0.25, 0.3) is 0 Å². The maximum Gasteiger partial charge on any atom is 0.0612 e. The molecule has 0 saturated carbocycles. The van der Waals surface area contributed by atoms with Gasteiger partial charge in [0.15, 0.2) is 0 Å². The molecule has 0 aromatic heterocycles. The molecule has 2 nitrogen and oxygen atoms in total. The van der Waals surface area contributed by atoms with Gasteiger partial charge in [0.1, 0.15) is 0 Å². The first-order chi connectivity index (χ1) is 5.86. The second kappa shape index (κ2) is 5.33. The van der Waals surface area contributed by atoms with Crippen molar-refractivity contribution in [2.24, 2.45) is 5.73 Å². The molecule has 1 aliphatic rings. The Labute approximate surface area is 74.8 Å². The first-order valence-electron chi connectivity index (χ1n) is 4.86. The SMILES string of the molecule is CCCC1CC(=CCN)CCO1. The van der Waals surface area contributed by atoms with Crippen LogP contribution >= 0.6 is 0 Å². The van der Waals surface area contributed by atoms with Crippen LogP contribution in [0.5, 0.6) is 0 Å². The van der Waals surface area contributed by atoms with Crippen molar-refractivity contribution in [1.82, 2.24) is 0 Å². The predicted octanol–water partition coefficient (Wildman–Crippen LogP) is 1.85. The summed E-state index contributed by atoms with van der Waals surface area (Å²) < 4.78 is 5.61. The minimum atomic E-state index is 0.460. The van der Waals surface area contributed by atoms with E-state index in [4.69, 9.17) is 10.5 Å². The summed E-state index contributed by atoms with van der Waals surface area (Å²) in [7, 11) is 0. The number of nitrogens with two attached hydrogens (primary N) is 1. The van der Waals surface area contributed by atoms with Crippen molar-refractivity contribution in [3.63, 3.8) is 0 Å². The van der Waals surface area contributed by atoms with Crippen LogP contribution in [0.3, 0.4) is 0 Å². The van der Waals surface area contributed by atoms with Gasteiger partial charge < -0.3 is 10.5 Å². The molecular formula is C10H19NO. The molecule has 1 atom stereocenters. The largest absolute Gasteiger partial charge is 0.378 e. The maximum absolute atomic E-state index is 5.61. The number of hydrogen-bond acceptors (Lipinski definition) is 2. The van der Waals surface area contributed by atoms with Gasteiger partial charge >= 0.3 is 0 Å². The Balaban J connectivity index is 2.35. The van der Waals surface area contributed by atoms with Gasteiger partial charge in [0.05, 0.1) is 12.7 Å². The minimum absolute atomic E-state index is 0.460. The molecular weight excluding hydrogens is 150 g/mol. The molecule has 1 fully saturated rings. The Kier molecular flexibility index (Phi) is 4.33. The van der Waals surface area contributed by atoms with Crippen LogP contribution in [0.2, 0.25) is 0 Å². The molecule has 70 valence electrons. The van der Waals surface area contributed by atoms with E-state index in [1.807, 2.05) is 0 Å². The van der Waals surface area contributed by atoms with Gasteiger partial charge in [0.2, 0.25) is 0 Å². The predicted molar refractivity (Wildman–Crippen MR) is 51.0 cm³/mol. The highest BCUT2D eigenvalue weighted by Crippen LogP contribution is 2.21. The summed E-state index contributed by atoms with van der Waals surface area (Å²) in [5, 5.41) is 0. The van der Waals surface area contributed by atoms with Crippen LogP contribution in [0.25, 0.3) is 0 Å². The van der Waals surface area contributed by atoms with E-state index in [9.17, 15) is 0 Å². The third-order valence-electron chi connectivity index (χ3n) is 2.28. The molecule has 0 aromatic carbocycles. The van der Waals surface area contributed by atoms with Crippen molar-refractivity contribution < 1.29 is 4.74 Å². The van der Waals surface area contributed by atoms with Crippen LogP contribution in [-0.2, 0) is 4.74 Å². The van der Waals surface area contributed by atoms with Crippen molar-refractivity contribution in [2.75, 3.05) is 13.2 Å². The summed E-state index contributed by atoms with van der Waals surface area (Å²) >= 11 is 0. The smallest absolute Gasteiger partial charge is 0.0612 e. The highest BCUT2D eigenvalue weighted by Gasteiger charge is 2.15. The molecule has 0 bridgehead atoms. The van der Waals surface area contributed by atoms with Crippen molar-refractivity contribution in [2.45, 2.75) is 38.7 Å². The lowest BCUT2D eigenvalue weighted by Gasteiger charge is -2.24. The summed E-state index contributed by atoms with van der Waals surface area (Å²) in [5.41, 5.74) is 6.95. The van der Waals surface area contributed by atoms with Gasteiger partial charge in [-0.05, 0) is 19.3 Å². The van der Waals surface area contributed by atoms with Crippen LogP contribution in [0.4, 0.5) is 0 Å². The van der Waals surface area contributed by atoms with Crippen molar-refractivity contribution in [1.29, 1.82) is 0 Å². The third kappa shape index (κ3) is 2.95. The van der Waals surface area contributed by atoms with Crippen LogP contribution in [0.15, 0.2) is 11.6 Å². The molecule has 0 amide bonds. The molecule has 1 saturated heterocycles. The first-order valence-corrected chi connectivity index (χ1v) is 4.86. The molecule has 0 spiro atoms. The van der Waals surface area contributed by atoms with Crippen molar-refractivity contribution in [3.8, 4) is 0 Å². The van der Waals surface area contributed by atoms with E-state index in [2.05, 4.69) is 13.0 Å².